The number of imidazole rings is 1. The van der Waals surface area contributed by atoms with Crippen LogP contribution in [0.1, 0.15) is 13.3 Å². The van der Waals surface area contributed by atoms with Gasteiger partial charge in [0.2, 0.25) is 0 Å². The molecule has 6 heteroatoms. The molecule has 0 radical (unpaired) electrons. The number of para-hydroxylation sites is 2. The van der Waals surface area contributed by atoms with Gasteiger partial charge in [-0.2, -0.15) is 0 Å². The lowest BCUT2D eigenvalue weighted by atomic mass is 10.1. The van der Waals surface area contributed by atoms with E-state index in [0.29, 0.717) is 22.7 Å². The summed E-state index contributed by atoms with van der Waals surface area (Å²) in [6, 6.07) is 14.4. The van der Waals surface area contributed by atoms with Crippen molar-refractivity contribution in [3.05, 3.63) is 59.0 Å². The van der Waals surface area contributed by atoms with Crippen molar-refractivity contribution >= 4 is 28.0 Å². The maximum Gasteiger partial charge on any atom is 0.347 e. The number of esters is 1. The summed E-state index contributed by atoms with van der Waals surface area (Å²) in [5.41, 5.74) is 2.00. The van der Waals surface area contributed by atoms with Crippen LogP contribution < -0.4 is 10.4 Å². The number of carbonyl (C=O) groups is 1. The monoisotopic (exact) mass is 348 g/mol. The first kappa shape index (κ1) is 16.1. The van der Waals surface area contributed by atoms with Crippen LogP contribution in [0.3, 0.4) is 0 Å². The Balaban J connectivity index is 1.84. The summed E-state index contributed by atoms with van der Waals surface area (Å²) in [4.78, 5) is 28.5. The van der Waals surface area contributed by atoms with Crippen LogP contribution in [0.25, 0.3) is 33.4 Å². The maximum atomic E-state index is 12.5. The highest BCUT2D eigenvalue weighted by Crippen LogP contribution is 2.26. The van der Waals surface area contributed by atoms with Crippen LogP contribution in [-0.4, -0.2) is 15.5 Å². The predicted octanol–water partition coefficient (Wildman–Crippen LogP) is 3.66. The van der Waals surface area contributed by atoms with Gasteiger partial charge in [0.25, 0.3) is 0 Å². The second kappa shape index (κ2) is 6.15. The third kappa shape index (κ3) is 2.65. The fourth-order valence-electron chi connectivity index (χ4n) is 2.90. The van der Waals surface area contributed by atoms with E-state index in [1.165, 1.54) is 0 Å². The van der Waals surface area contributed by atoms with Gasteiger partial charge in [0, 0.05) is 24.9 Å². The van der Waals surface area contributed by atoms with Crippen LogP contribution in [-0.2, 0) is 11.8 Å². The Labute approximate surface area is 148 Å². The van der Waals surface area contributed by atoms with Gasteiger partial charge >= 0.3 is 11.6 Å². The number of aromatic nitrogens is 2. The number of carbonyl (C=O) groups excluding carboxylic acids is 1. The third-order valence-corrected chi connectivity index (χ3v) is 4.26. The molecule has 0 amide bonds. The van der Waals surface area contributed by atoms with Crippen molar-refractivity contribution < 1.29 is 13.9 Å². The van der Waals surface area contributed by atoms with Crippen LogP contribution in [0.2, 0.25) is 0 Å². The summed E-state index contributed by atoms with van der Waals surface area (Å²) >= 11 is 0. The first-order valence-corrected chi connectivity index (χ1v) is 8.27. The molecule has 0 unspecified atom stereocenters. The SMILES string of the molecule is CCC(=O)Oc1ccc2cc(-c3nc4ccccc4n3C)c(=O)oc2c1. The van der Waals surface area contributed by atoms with Gasteiger partial charge in [0.1, 0.15) is 22.7 Å². The van der Waals surface area contributed by atoms with Crippen LogP contribution in [0.15, 0.2) is 57.7 Å². The Kier molecular flexibility index (Phi) is 3.80. The van der Waals surface area contributed by atoms with E-state index >= 15 is 0 Å². The molecule has 2 aromatic carbocycles. The largest absolute Gasteiger partial charge is 0.426 e. The molecular formula is C20H16N2O4. The number of ether oxygens (including phenoxy) is 1. The van der Waals surface area contributed by atoms with Gasteiger partial charge in [-0.15, -0.1) is 0 Å². The number of benzene rings is 2. The summed E-state index contributed by atoms with van der Waals surface area (Å²) in [6.07, 6.45) is 0.271. The highest BCUT2D eigenvalue weighted by Gasteiger charge is 2.15. The third-order valence-electron chi connectivity index (χ3n) is 4.26. The normalized spacial score (nSPS) is 11.2. The highest BCUT2D eigenvalue weighted by molar-refractivity contribution is 5.85. The average molecular weight is 348 g/mol. The topological polar surface area (TPSA) is 74.3 Å². The molecular weight excluding hydrogens is 332 g/mol. The van der Waals surface area contributed by atoms with Crippen molar-refractivity contribution in [2.24, 2.45) is 7.05 Å². The molecule has 0 saturated heterocycles. The highest BCUT2D eigenvalue weighted by atomic mass is 16.5. The van der Waals surface area contributed by atoms with Gasteiger partial charge < -0.3 is 13.7 Å². The summed E-state index contributed by atoms with van der Waals surface area (Å²) < 4.78 is 12.5. The summed E-state index contributed by atoms with van der Waals surface area (Å²) in [5.74, 6) is 0.550. The zero-order chi connectivity index (χ0) is 18.3. The Hall–Kier alpha value is -3.41. The van der Waals surface area contributed by atoms with E-state index in [1.54, 1.807) is 31.2 Å². The van der Waals surface area contributed by atoms with Gasteiger partial charge in [-0.05, 0) is 30.3 Å². The second-order valence-corrected chi connectivity index (χ2v) is 5.96. The van der Waals surface area contributed by atoms with Gasteiger partial charge in [-0.25, -0.2) is 9.78 Å². The Morgan fingerprint density at radius 1 is 1.19 bits per heavy atom. The van der Waals surface area contributed by atoms with Gasteiger partial charge in [-0.3, -0.25) is 4.79 Å². The minimum absolute atomic E-state index is 0.271. The van der Waals surface area contributed by atoms with Crippen molar-refractivity contribution in [1.82, 2.24) is 9.55 Å². The average Bonchev–Trinajstić information content (AvgIpc) is 2.98. The quantitative estimate of drug-likeness (QED) is 0.321. The fraction of sp³-hybridized carbons (Fsp3) is 0.150. The van der Waals surface area contributed by atoms with E-state index in [4.69, 9.17) is 9.15 Å². The summed E-state index contributed by atoms with van der Waals surface area (Å²) in [5, 5.41) is 0.725. The molecule has 0 fully saturated rings. The molecule has 0 N–H and O–H groups in total. The van der Waals surface area contributed by atoms with E-state index in [1.807, 2.05) is 35.9 Å². The van der Waals surface area contributed by atoms with Crippen molar-refractivity contribution in [2.75, 3.05) is 0 Å². The van der Waals surface area contributed by atoms with Crippen molar-refractivity contribution in [3.63, 3.8) is 0 Å². The van der Waals surface area contributed by atoms with Crippen molar-refractivity contribution in [2.45, 2.75) is 13.3 Å². The first-order valence-electron chi connectivity index (χ1n) is 8.27. The molecule has 2 heterocycles. The number of nitrogens with zero attached hydrogens (tertiary/aromatic N) is 2. The molecule has 0 spiro atoms. The first-order chi connectivity index (χ1) is 12.6. The van der Waals surface area contributed by atoms with Gasteiger partial charge in [0.05, 0.1) is 11.0 Å². The van der Waals surface area contributed by atoms with Crippen LogP contribution in [0, 0.1) is 0 Å². The number of hydrogen-bond acceptors (Lipinski definition) is 5. The maximum absolute atomic E-state index is 12.5. The number of rotatable bonds is 3. The Morgan fingerprint density at radius 2 is 2.00 bits per heavy atom. The second-order valence-electron chi connectivity index (χ2n) is 5.96. The smallest absolute Gasteiger partial charge is 0.347 e. The molecule has 2 aromatic heterocycles. The zero-order valence-corrected chi connectivity index (χ0v) is 14.4. The lowest BCUT2D eigenvalue weighted by molar-refractivity contribution is -0.134. The predicted molar refractivity (Wildman–Crippen MR) is 98.1 cm³/mol. The summed E-state index contributed by atoms with van der Waals surface area (Å²) in [6.45, 7) is 1.71. The molecule has 26 heavy (non-hydrogen) atoms. The van der Waals surface area contributed by atoms with E-state index in [-0.39, 0.29) is 12.4 Å². The zero-order valence-electron chi connectivity index (χ0n) is 14.4. The van der Waals surface area contributed by atoms with E-state index in [0.717, 1.165) is 16.4 Å². The van der Waals surface area contributed by atoms with Gasteiger partial charge in [-0.1, -0.05) is 19.1 Å². The fourth-order valence-corrected chi connectivity index (χ4v) is 2.90. The van der Waals surface area contributed by atoms with Crippen molar-refractivity contribution in [3.8, 4) is 17.1 Å². The molecule has 0 bridgehead atoms. The molecule has 0 aliphatic heterocycles. The molecule has 0 aliphatic carbocycles. The van der Waals surface area contributed by atoms with E-state index in [2.05, 4.69) is 4.98 Å². The molecule has 0 atom stereocenters. The van der Waals surface area contributed by atoms with Crippen LogP contribution in [0.4, 0.5) is 0 Å². The minimum Gasteiger partial charge on any atom is -0.426 e. The standard InChI is InChI=1S/C20H16N2O4/c1-3-18(23)25-13-9-8-12-10-14(20(24)26-17(12)11-13)19-21-15-6-4-5-7-16(15)22(19)2/h4-11H,3H2,1-2H3. The number of hydrogen-bond donors (Lipinski definition) is 0. The number of aryl methyl sites for hydroxylation is 1. The summed E-state index contributed by atoms with van der Waals surface area (Å²) in [7, 11) is 1.86. The number of fused-ring (bicyclic) bond motifs is 2. The molecule has 130 valence electrons. The van der Waals surface area contributed by atoms with Gasteiger partial charge in [0.15, 0.2) is 0 Å². The lowest BCUT2D eigenvalue weighted by Crippen LogP contribution is -2.07. The van der Waals surface area contributed by atoms with Crippen LogP contribution in [0.5, 0.6) is 5.75 Å². The molecule has 4 rings (SSSR count). The molecule has 4 aromatic rings. The van der Waals surface area contributed by atoms with Crippen molar-refractivity contribution in [1.29, 1.82) is 0 Å². The van der Waals surface area contributed by atoms with E-state index in [9.17, 15) is 9.59 Å². The lowest BCUT2D eigenvalue weighted by Gasteiger charge is -2.06. The Bertz CT molecular complexity index is 1200. The molecule has 6 nitrogen and oxygen atoms in total. The molecule has 0 aliphatic rings. The Morgan fingerprint density at radius 3 is 2.77 bits per heavy atom. The molecule has 0 saturated carbocycles. The minimum atomic E-state index is -0.491. The van der Waals surface area contributed by atoms with Crippen LogP contribution >= 0.6 is 0 Å². The van der Waals surface area contributed by atoms with E-state index < -0.39 is 5.63 Å².